The van der Waals surface area contributed by atoms with Gasteiger partial charge in [0.2, 0.25) is 5.91 Å². The number of carbonyl (C=O) groups excluding carboxylic acids is 2. The molecule has 1 fully saturated rings. The second-order valence-corrected chi connectivity index (χ2v) is 5.12. The van der Waals surface area contributed by atoms with Crippen molar-refractivity contribution in [2.45, 2.75) is 19.0 Å². The Balaban J connectivity index is 2.10. The lowest BCUT2D eigenvalue weighted by atomic mass is 10.1. The minimum atomic E-state index is -0.491. The highest BCUT2D eigenvalue weighted by molar-refractivity contribution is 6.30. The highest BCUT2D eigenvalue weighted by Gasteiger charge is 2.31. The zero-order chi connectivity index (χ0) is 14.5. The molecule has 1 atom stereocenters. The van der Waals surface area contributed by atoms with Gasteiger partial charge in [-0.15, -0.1) is 0 Å². The molecule has 0 spiro atoms. The molecule has 20 heavy (non-hydrogen) atoms. The first-order chi connectivity index (χ1) is 9.60. The van der Waals surface area contributed by atoms with Crippen molar-refractivity contribution >= 4 is 23.5 Å². The van der Waals surface area contributed by atoms with Gasteiger partial charge < -0.3 is 10.1 Å². The molecule has 1 aromatic rings. The number of ether oxygens (including phenoxy) is 1. The number of esters is 1. The Labute approximate surface area is 122 Å². The van der Waals surface area contributed by atoms with Gasteiger partial charge in [0.05, 0.1) is 13.5 Å². The summed E-state index contributed by atoms with van der Waals surface area (Å²) in [6.07, 6.45) is 0.0584. The first-order valence-electron chi connectivity index (χ1n) is 6.43. The van der Waals surface area contributed by atoms with Crippen molar-refractivity contribution in [1.29, 1.82) is 0 Å². The van der Waals surface area contributed by atoms with Crippen molar-refractivity contribution < 1.29 is 14.3 Å². The van der Waals surface area contributed by atoms with Gasteiger partial charge in [0.25, 0.3) is 0 Å². The molecular formula is C14H17ClN2O3. The van der Waals surface area contributed by atoms with Crippen molar-refractivity contribution in [3.8, 4) is 0 Å². The standard InChI is InChI=1S/C14H17ClN2O3/c1-20-13(18)8-12-14(19)16-5-6-17(12)9-10-3-2-4-11(15)7-10/h2-4,7,12H,5-6,8-9H2,1H3,(H,16,19). The Kier molecular flexibility index (Phi) is 4.98. The summed E-state index contributed by atoms with van der Waals surface area (Å²) in [6, 6.07) is 7.00. The van der Waals surface area contributed by atoms with Crippen molar-refractivity contribution in [3.05, 3.63) is 34.9 Å². The summed E-state index contributed by atoms with van der Waals surface area (Å²) in [5, 5.41) is 3.43. The number of halogens is 1. The van der Waals surface area contributed by atoms with Gasteiger partial charge in [-0.05, 0) is 17.7 Å². The summed E-state index contributed by atoms with van der Waals surface area (Å²) in [6.45, 7) is 1.85. The normalized spacial score (nSPS) is 19.5. The lowest BCUT2D eigenvalue weighted by molar-refractivity contribution is -0.146. The number of piperazine rings is 1. The van der Waals surface area contributed by atoms with E-state index in [-0.39, 0.29) is 18.3 Å². The SMILES string of the molecule is COC(=O)CC1C(=O)NCCN1Cc1cccc(Cl)c1. The zero-order valence-corrected chi connectivity index (χ0v) is 12.0. The van der Waals surface area contributed by atoms with Crippen LogP contribution in [0.1, 0.15) is 12.0 Å². The van der Waals surface area contributed by atoms with Crippen LogP contribution in [0.3, 0.4) is 0 Å². The van der Waals surface area contributed by atoms with Gasteiger partial charge in [-0.25, -0.2) is 0 Å². The summed E-state index contributed by atoms with van der Waals surface area (Å²) < 4.78 is 4.65. The average molecular weight is 297 g/mol. The van der Waals surface area contributed by atoms with Gasteiger partial charge in [0, 0.05) is 24.7 Å². The number of methoxy groups -OCH3 is 1. The Morgan fingerprint density at radius 3 is 3.05 bits per heavy atom. The number of rotatable bonds is 4. The molecule has 0 saturated carbocycles. The molecule has 0 radical (unpaired) electrons. The van der Waals surface area contributed by atoms with Gasteiger partial charge >= 0.3 is 5.97 Å². The molecule has 1 heterocycles. The molecule has 1 N–H and O–H groups in total. The van der Waals surface area contributed by atoms with Gasteiger partial charge in [-0.1, -0.05) is 23.7 Å². The second-order valence-electron chi connectivity index (χ2n) is 4.69. The van der Waals surface area contributed by atoms with Crippen molar-refractivity contribution in [1.82, 2.24) is 10.2 Å². The van der Waals surface area contributed by atoms with E-state index in [0.29, 0.717) is 24.7 Å². The molecule has 108 valence electrons. The summed E-state index contributed by atoms with van der Waals surface area (Å²) in [5.41, 5.74) is 1.02. The molecule has 2 rings (SSSR count). The number of amides is 1. The van der Waals surface area contributed by atoms with Crippen LogP contribution in [-0.2, 0) is 20.9 Å². The largest absolute Gasteiger partial charge is 0.469 e. The summed E-state index contributed by atoms with van der Waals surface area (Å²) in [5.74, 6) is -0.521. The molecule has 1 aliphatic heterocycles. The van der Waals surface area contributed by atoms with E-state index < -0.39 is 6.04 Å². The van der Waals surface area contributed by atoms with Gasteiger partial charge in [0.1, 0.15) is 6.04 Å². The van der Waals surface area contributed by atoms with Crippen LogP contribution >= 0.6 is 11.6 Å². The maximum atomic E-state index is 11.9. The minimum absolute atomic E-state index is 0.0584. The predicted octanol–water partition coefficient (Wildman–Crippen LogP) is 1.20. The number of nitrogens with one attached hydrogen (secondary N) is 1. The van der Waals surface area contributed by atoms with E-state index in [0.717, 1.165) is 5.56 Å². The molecule has 6 heteroatoms. The zero-order valence-electron chi connectivity index (χ0n) is 11.3. The fraction of sp³-hybridized carbons (Fsp3) is 0.429. The topological polar surface area (TPSA) is 58.6 Å². The smallest absolute Gasteiger partial charge is 0.307 e. The van der Waals surface area contributed by atoms with Crippen LogP contribution in [0.25, 0.3) is 0 Å². The van der Waals surface area contributed by atoms with Crippen LogP contribution in [0.4, 0.5) is 0 Å². The van der Waals surface area contributed by atoms with Crippen molar-refractivity contribution in [2.75, 3.05) is 20.2 Å². The summed E-state index contributed by atoms with van der Waals surface area (Å²) in [7, 11) is 1.32. The highest BCUT2D eigenvalue weighted by Crippen LogP contribution is 2.17. The lowest BCUT2D eigenvalue weighted by Crippen LogP contribution is -2.55. The molecule has 1 amide bonds. The van der Waals surface area contributed by atoms with Crippen LogP contribution in [0.15, 0.2) is 24.3 Å². The summed E-state index contributed by atoms with van der Waals surface area (Å²) >= 11 is 5.96. The fourth-order valence-corrected chi connectivity index (χ4v) is 2.50. The van der Waals surface area contributed by atoms with E-state index in [9.17, 15) is 9.59 Å². The Morgan fingerprint density at radius 2 is 2.35 bits per heavy atom. The van der Waals surface area contributed by atoms with Crippen LogP contribution in [0, 0.1) is 0 Å². The van der Waals surface area contributed by atoms with E-state index >= 15 is 0 Å². The number of hydrogen-bond acceptors (Lipinski definition) is 4. The van der Waals surface area contributed by atoms with Crippen LogP contribution < -0.4 is 5.32 Å². The van der Waals surface area contributed by atoms with E-state index in [1.165, 1.54) is 7.11 Å². The molecule has 0 aromatic heterocycles. The van der Waals surface area contributed by atoms with Crippen LogP contribution in [0.2, 0.25) is 5.02 Å². The number of hydrogen-bond donors (Lipinski definition) is 1. The molecule has 1 aliphatic rings. The summed E-state index contributed by atoms with van der Waals surface area (Å²) in [4.78, 5) is 25.3. The first-order valence-corrected chi connectivity index (χ1v) is 6.81. The third-order valence-corrected chi connectivity index (χ3v) is 3.54. The van der Waals surface area contributed by atoms with Gasteiger partial charge in [-0.2, -0.15) is 0 Å². The Hall–Kier alpha value is -1.59. The molecular weight excluding hydrogens is 280 g/mol. The second kappa shape index (κ2) is 6.72. The van der Waals surface area contributed by atoms with E-state index in [2.05, 4.69) is 10.1 Å². The lowest BCUT2D eigenvalue weighted by Gasteiger charge is -2.34. The number of nitrogens with zero attached hydrogens (tertiary/aromatic N) is 1. The van der Waals surface area contributed by atoms with Gasteiger partial charge in [0.15, 0.2) is 0 Å². The maximum absolute atomic E-state index is 11.9. The molecule has 1 saturated heterocycles. The maximum Gasteiger partial charge on any atom is 0.307 e. The molecule has 0 aliphatic carbocycles. The Bertz CT molecular complexity index is 507. The number of benzene rings is 1. The van der Waals surface area contributed by atoms with Gasteiger partial charge in [-0.3, -0.25) is 14.5 Å². The van der Waals surface area contributed by atoms with E-state index in [1.54, 1.807) is 6.07 Å². The average Bonchev–Trinajstić information content (AvgIpc) is 2.42. The quantitative estimate of drug-likeness (QED) is 0.848. The van der Waals surface area contributed by atoms with E-state index in [1.807, 2.05) is 23.1 Å². The minimum Gasteiger partial charge on any atom is -0.469 e. The first kappa shape index (κ1) is 14.8. The van der Waals surface area contributed by atoms with Crippen molar-refractivity contribution in [2.24, 2.45) is 0 Å². The monoisotopic (exact) mass is 296 g/mol. The number of carbonyl (C=O) groups is 2. The van der Waals surface area contributed by atoms with E-state index in [4.69, 9.17) is 11.6 Å². The molecule has 5 nitrogen and oxygen atoms in total. The third kappa shape index (κ3) is 3.71. The fourth-order valence-electron chi connectivity index (χ4n) is 2.28. The third-order valence-electron chi connectivity index (χ3n) is 3.30. The molecule has 1 unspecified atom stereocenters. The predicted molar refractivity (Wildman–Crippen MR) is 75.3 cm³/mol. The van der Waals surface area contributed by atoms with Crippen molar-refractivity contribution in [3.63, 3.8) is 0 Å². The van der Waals surface area contributed by atoms with Crippen LogP contribution in [-0.4, -0.2) is 43.0 Å². The van der Waals surface area contributed by atoms with Crippen LogP contribution in [0.5, 0.6) is 0 Å². The highest BCUT2D eigenvalue weighted by atomic mass is 35.5. The molecule has 0 bridgehead atoms. The Morgan fingerprint density at radius 1 is 1.55 bits per heavy atom. The molecule has 1 aromatic carbocycles.